The molecule has 1 aromatic carbocycles. The van der Waals surface area contributed by atoms with Crippen molar-refractivity contribution in [3.05, 3.63) is 42.1 Å². The van der Waals surface area contributed by atoms with E-state index < -0.39 is 0 Å². The van der Waals surface area contributed by atoms with Crippen molar-refractivity contribution in [1.82, 2.24) is 9.88 Å². The van der Waals surface area contributed by atoms with Crippen LogP contribution in [0.3, 0.4) is 0 Å². The fourth-order valence-corrected chi connectivity index (χ4v) is 3.61. The summed E-state index contributed by atoms with van der Waals surface area (Å²) in [6.07, 6.45) is 2.76. The summed E-state index contributed by atoms with van der Waals surface area (Å²) in [5.74, 6) is 1.52. The highest BCUT2D eigenvalue weighted by Gasteiger charge is 2.26. The number of methoxy groups -OCH3 is 1. The molecule has 164 valence electrons. The van der Waals surface area contributed by atoms with E-state index in [0.717, 1.165) is 56.3 Å². The SMILES string of the molecule is CCCNc1nccc(N2CCN(c3ccccc3OC)CC2)c1C(=O)N(C)C.Cl. The zero-order valence-corrected chi connectivity index (χ0v) is 19.0. The number of anilines is 3. The van der Waals surface area contributed by atoms with Crippen LogP contribution in [-0.4, -0.2) is 69.7 Å². The predicted molar refractivity (Wildman–Crippen MR) is 126 cm³/mol. The first kappa shape index (κ1) is 23.6. The van der Waals surface area contributed by atoms with E-state index in [9.17, 15) is 4.79 Å². The van der Waals surface area contributed by atoms with Crippen LogP contribution in [0.1, 0.15) is 23.7 Å². The summed E-state index contributed by atoms with van der Waals surface area (Å²) in [5.41, 5.74) is 2.70. The van der Waals surface area contributed by atoms with Crippen LogP contribution in [0.25, 0.3) is 0 Å². The second-order valence-corrected chi connectivity index (χ2v) is 7.33. The number of nitrogens with one attached hydrogen (secondary N) is 1. The topological polar surface area (TPSA) is 60.9 Å². The molecule has 1 saturated heterocycles. The lowest BCUT2D eigenvalue weighted by atomic mass is 10.1. The first-order valence-electron chi connectivity index (χ1n) is 10.1. The van der Waals surface area contributed by atoms with Gasteiger partial charge in [0.05, 0.1) is 18.5 Å². The zero-order chi connectivity index (χ0) is 20.8. The second-order valence-electron chi connectivity index (χ2n) is 7.33. The minimum absolute atomic E-state index is 0. The number of amides is 1. The highest BCUT2D eigenvalue weighted by atomic mass is 35.5. The molecule has 0 bridgehead atoms. The molecule has 1 aliphatic heterocycles. The van der Waals surface area contributed by atoms with Crippen molar-refractivity contribution in [2.45, 2.75) is 13.3 Å². The van der Waals surface area contributed by atoms with Crippen molar-refractivity contribution >= 4 is 35.5 Å². The molecule has 1 amide bonds. The van der Waals surface area contributed by atoms with E-state index in [4.69, 9.17) is 4.74 Å². The third-order valence-electron chi connectivity index (χ3n) is 5.14. The van der Waals surface area contributed by atoms with Crippen LogP contribution in [0.15, 0.2) is 36.5 Å². The number of ether oxygens (including phenoxy) is 1. The third kappa shape index (κ3) is 5.08. The molecule has 2 heterocycles. The Kier molecular flexibility index (Phi) is 8.59. The van der Waals surface area contributed by atoms with Crippen LogP contribution in [-0.2, 0) is 0 Å². The largest absolute Gasteiger partial charge is 0.495 e. The monoisotopic (exact) mass is 433 g/mol. The van der Waals surface area contributed by atoms with Crippen molar-refractivity contribution in [2.24, 2.45) is 0 Å². The van der Waals surface area contributed by atoms with Crippen molar-refractivity contribution in [3.8, 4) is 5.75 Å². The standard InChI is InChI=1S/C22H31N5O2.ClH/c1-5-11-23-21-20(22(28)25(2)3)18(10-12-24-21)27-15-13-26(14-16-27)17-8-6-7-9-19(17)29-4;/h6-10,12H,5,11,13-16H2,1-4H3,(H,23,24);1H. The fourth-order valence-electron chi connectivity index (χ4n) is 3.61. The molecule has 0 atom stereocenters. The lowest BCUT2D eigenvalue weighted by Gasteiger charge is -2.38. The molecule has 0 unspecified atom stereocenters. The Bertz CT molecular complexity index is 838. The van der Waals surface area contributed by atoms with E-state index in [1.165, 1.54) is 0 Å². The maximum atomic E-state index is 13.0. The number of aromatic nitrogens is 1. The molecular formula is C22H32ClN5O2. The van der Waals surface area contributed by atoms with Crippen molar-refractivity contribution in [1.29, 1.82) is 0 Å². The van der Waals surface area contributed by atoms with Crippen molar-refractivity contribution in [3.63, 3.8) is 0 Å². The number of benzene rings is 1. The van der Waals surface area contributed by atoms with Gasteiger partial charge in [-0.25, -0.2) is 4.98 Å². The van der Waals surface area contributed by atoms with Gasteiger partial charge in [0, 0.05) is 53.0 Å². The molecule has 0 saturated carbocycles. The van der Waals surface area contributed by atoms with Gasteiger partial charge >= 0.3 is 0 Å². The lowest BCUT2D eigenvalue weighted by Crippen LogP contribution is -2.47. The Labute approximate surface area is 185 Å². The zero-order valence-electron chi connectivity index (χ0n) is 18.2. The number of pyridine rings is 1. The quantitative estimate of drug-likeness (QED) is 0.722. The molecule has 1 aromatic heterocycles. The number of nitrogens with zero attached hydrogens (tertiary/aromatic N) is 4. The molecule has 7 nitrogen and oxygen atoms in total. The number of hydrogen-bond acceptors (Lipinski definition) is 6. The van der Waals surface area contributed by atoms with Crippen LogP contribution < -0.4 is 19.9 Å². The molecule has 2 aromatic rings. The van der Waals surface area contributed by atoms with E-state index in [0.29, 0.717) is 11.4 Å². The average Bonchev–Trinajstić information content (AvgIpc) is 2.76. The Morgan fingerprint density at radius 3 is 2.33 bits per heavy atom. The average molecular weight is 434 g/mol. The molecule has 3 rings (SSSR count). The van der Waals surface area contributed by atoms with Crippen LogP contribution in [0, 0.1) is 0 Å². The molecule has 0 radical (unpaired) electrons. The highest BCUT2D eigenvalue weighted by molar-refractivity contribution is 6.04. The van der Waals surface area contributed by atoms with Gasteiger partial charge in [-0.15, -0.1) is 12.4 Å². The first-order valence-corrected chi connectivity index (χ1v) is 10.1. The lowest BCUT2D eigenvalue weighted by molar-refractivity contribution is 0.0828. The molecule has 0 aliphatic carbocycles. The smallest absolute Gasteiger partial charge is 0.259 e. The first-order chi connectivity index (χ1) is 14.1. The van der Waals surface area contributed by atoms with E-state index >= 15 is 0 Å². The molecule has 1 aliphatic rings. The minimum atomic E-state index is -0.0288. The predicted octanol–water partition coefficient (Wildman–Crippen LogP) is 3.36. The summed E-state index contributed by atoms with van der Waals surface area (Å²) in [4.78, 5) is 23.6. The van der Waals surface area contributed by atoms with Gasteiger partial charge in [-0.3, -0.25) is 4.79 Å². The number of hydrogen-bond donors (Lipinski definition) is 1. The summed E-state index contributed by atoms with van der Waals surface area (Å²) >= 11 is 0. The van der Waals surface area contributed by atoms with Gasteiger partial charge in [-0.1, -0.05) is 19.1 Å². The van der Waals surface area contributed by atoms with E-state index in [-0.39, 0.29) is 18.3 Å². The molecule has 1 N–H and O–H groups in total. The molecule has 30 heavy (non-hydrogen) atoms. The Balaban J connectivity index is 0.00000320. The van der Waals surface area contributed by atoms with Gasteiger partial charge in [-0.05, 0) is 24.6 Å². The van der Waals surface area contributed by atoms with Gasteiger partial charge in [0.1, 0.15) is 17.1 Å². The van der Waals surface area contributed by atoms with Gasteiger partial charge in [0.15, 0.2) is 0 Å². The normalized spacial score (nSPS) is 13.5. The number of carbonyl (C=O) groups excluding carboxylic acids is 1. The van der Waals surface area contributed by atoms with Gasteiger partial charge in [-0.2, -0.15) is 0 Å². The maximum Gasteiger partial charge on any atom is 0.259 e. The Morgan fingerprint density at radius 2 is 1.73 bits per heavy atom. The molecule has 8 heteroatoms. The Hall–Kier alpha value is -2.67. The van der Waals surface area contributed by atoms with Gasteiger partial charge in [0.25, 0.3) is 5.91 Å². The highest BCUT2D eigenvalue weighted by Crippen LogP contribution is 2.31. The summed E-state index contributed by atoms with van der Waals surface area (Å²) in [5, 5.41) is 3.32. The summed E-state index contributed by atoms with van der Waals surface area (Å²) in [6, 6.07) is 10.1. The van der Waals surface area contributed by atoms with E-state index in [1.807, 2.05) is 24.3 Å². The van der Waals surface area contributed by atoms with Gasteiger partial charge < -0.3 is 24.8 Å². The number of carbonyl (C=O) groups is 1. The fraction of sp³-hybridized carbons (Fsp3) is 0.455. The number of piperazine rings is 1. The molecule has 0 spiro atoms. The minimum Gasteiger partial charge on any atom is -0.495 e. The molecule has 1 fully saturated rings. The summed E-state index contributed by atoms with van der Waals surface area (Å²) in [6.45, 7) is 6.24. The summed E-state index contributed by atoms with van der Waals surface area (Å²) in [7, 11) is 5.26. The van der Waals surface area contributed by atoms with E-state index in [1.54, 1.807) is 32.3 Å². The van der Waals surface area contributed by atoms with Crippen molar-refractivity contribution < 1.29 is 9.53 Å². The molecular weight excluding hydrogens is 402 g/mol. The van der Waals surface area contributed by atoms with Gasteiger partial charge in [0.2, 0.25) is 0 Å². The number of rotatable bonds is 7. The van der Waals surface area contributed by atoms with Crippen LogP contribution >= 0.6 is 12.4 Å². The third-order valence-corrected chi connectivity index (χ3v) is 5.14. The second kappa shape index (κ2) is 10.9. The van der Waals surface area contributed by atoms with Crippen LogP contribution in [0.5, 0.6) is 5.75 Å². The maximum absolute atomic E-state index is 13.0. The van der Waals surface area contributed by atoms with E-state index in [2.05, 4.69) is 33.1 Å². The number of para-hydroxylation sites is 2. The summed E-state index contributed by atoms with van der Waals surface area (Å²) < 4.78 is 5.52. The van der Waals surface area contributed by atoms with Crippen molar-refractivity contribution in [2.75, 3.05) is 69.0 Å². The van der Waals surface area contributed by atoms with Crippen LogP contribution in [0.2, 0.25) is 0 Å². The number of halogens is 1. The van der Waals surface area contributed by atoms with Crippen LogP contribution in [0.4, 0.5) is 17.2 Å². The Morgan fingerprint density at radius 1 is 1.10 bits per heavy atom.